The molecule has 0 aliphatic rings. The van der Waals surface area contributed by atoms with E-state index in [2.05, 4.69) is 15.9 Å². The number of phenolic OH excluding ortho intramolecular Hbond substituents is 1. The first kappa shape index (κ1) is 14.6. The highest BCUT2D eigenvalue weighted by atomic mass is 79.9. The SMILES string of the molecule is Cl.NCC[C@H](N)c1cc(Br)cc(F)c1O. The van der Waals surface area contributed by atoms with E-state index in [0.29, 0.717) is 23.0 Å². The van der Waals surface area contributed by atoms with Crippen molar-refractivity contribution in [2.45, 2.75) is 12.5 Å². The van der Waals surface area contributed by atoms with Crippen molar-refractivity contribution >= 4 is 28.3 Å². The molecule has 0 unspecified atom stereocenters. The zero-order valence-electron chi connectivity index (χ0n) is 7.91. The molecule has 0 aliphatic heterocycles. The molecule has 1 aromatic rings. The first-order valence-electron chi connectivity index (χ1n) is 4.19. The van der Waals surface area contributed by atoms with Crippen LogP contribution >= 0.6 is 28.3 Å². The van der Waals surface area contributed by atoms with Gasteiger partial charge in [-0.15, -0.1) is 12.4 Å². The molecule has 0 radical (unpaired) electrons. The molecule has 1 aromatic carbocycles. The van der Waals surface area contributed by atoms with Gasteiger partial charge in [0.2, 0.25) is 0 Å². The van der Waals surface area contributed by atoms with Crippen molar-refractivity contribution in [3.05, 3.63) is 28.0 Å². The van der Waals surface area contributed by atoms with Gasteiger partial charge in [0.25, 0.3) is 0 Å². The molecule has 0 saturated heterocycles. The van der Waals surface area contributed by atoms with Crippen molar-refractivity contribution in [1.29, 1.82) is 0 Å². The molecule has 3 nitrogen and oxygen atoms in total. The van der Waals surface area contributed by atoms with Gasteiger partial charge in [-0.3, -0.25) is 0 Å². The van der Waals surface area contributed by atoms with E-state index in [9.17, 15) is 9.50 Å². The number of rotatable bonds is 3. The highest BCUT2D eigenvalue weighted by Gasteiger charge is 2.14. The van der Waals surface area contributed by atoms with Crippen LogP contribution in [-0.2, 0) is 0 Å². The van der Waals surface area contributed by atoms with Crippen LogP contribution in [0.3, 0.4) is 0 Å². The summed E-state index contributed by atoms with van der Waals surface area (Å²) >= 11 is 3.13. The van der Waals surface area contributed by atoms with Gasteiger partial charge in [-0.25, -0.2) is 4.39 Å². The molecule has 0 saturated carbocycles. The average Bonchev–Trinajstić information content (AvgIpc) is 2.11. The highest BCUT2D eigenvalue weighted by molar-refractivity contribution is 9.10. The van der Waals surface area contributed by atoms with E-state index >= 15 is 0 Å². The summed E-state index contributed by atoms with van der Waals surface area (Å²) in [6.45, 7) is 0.398. The standard InChI is InChI=1S/C9H12BrFN2O.ClH/c10-5-3-6(8(13)1-2-12)9(14)7(11)4-5;/h3-4,8,14H,1-2,12-13H2;1H/t8-;/m0./s1. The van der Waals surface area contributed by atoms with Gasteiger partial charge in [0.15, 0.2) is 11.6 Å². The Morgan fingerprint density at radius 3 is 2.60 bits per heavy atom. The maximum Gasteiger partial charge on any atom is 0.166 e. The van der Waals surface area contributed by atoms with Crippen LogP contribution in [0.1, 0.15) is 18.0 Å². The Morgan fingerprint density at radius 1 is 1.47 bits per heavy atom. The second kappa shape index (κ2) is 6.27. The number of nitrogens with two attached hydrogens (primary N) is 2. The largest absolute Gasteiger partial charge is 0.505 e. The van der Waals surface area contributed by atoms with Gasteiger partial charge < -0.3 is 16.6 Å². The summed E-state index contributed by atoms with van der Waals surface area (Å²) in [4.78, 5) is 0. The van der Waals surface area contributed by atoms with Crippen molar-refractivity contribution in [1.82, 2.24) is 0 Å². The third-order valence-corrected chi connectivity index (χ3v) is 2.39. The second-order valence-corrected chi connectivity index (χ2v) is 3.92. The Bertz CT molecular complexity index is 338. The number of benzene rings is 1. The molecule has 0 bridgehead atoms. The molecule has 15 heavy (non-hydrogen) atoms. The summed E-state index contributed by atoms with van der Waals surface area (Å²) in [7, 11) is 0. The van der Waals surface area contributed by atoms with E-state index in [1.807, 2.05) is 0 Å². The van der Waals surface area contributed by atoms with Crippen LogP contribution in [0.5, 0.6) is 5.75 Å². The lowest BCUT2D eigenvalue weighted by Crippen LogP contribution is -2.15. The van der Waals surface area contributed by atoms with E-state index in [1.165, 1.54) is 6.07 Å². The summed E-state index contributed by atoms with van der Waals surface area (Å²) in [5.41, 5.74) is 11.4. The van der Waals surface area contributed by atoms with Crippen LogP contribution in [0.2, 0.25) is 0 Å². The Kier molecular flexibility index (Phi) is 6.12. The molecule has 0 amide bonds. The summed E-state index contributed by atoms with van der Waals surface area (Å²) in [5, 5.41) is 9.40. The number of hydrogen-bond donors (Lipinski definition) is 3. The fourth-order valence-corrected chi connectivity index (χ4v) is 1.65. The zero-order chi connectivity index (χ0) is 10.7. The molecule has 0 aliphatic carbocycles. The number of phenols is 1. The molecule has 1 rings (SSSR count). The van der Waals surface area contributed by atoms with Gasteiger partial charge in [0.1, 0.15) is 0 Å². The zero-order valence-corrected chi connectivity index (χ0v) is 10.3. The third kappa shape index (κ3) is 3.61. The molecule has 5 N–H and O–H groups in total. The van der Waals surface area contributed by atoms with Crippen LogP contribution in [-0.4, -0.2) is 11.7 Å². The van der Waals surface area contributed by atoms with Gasteiger partial charge in [0.05, 0.1) is 0 Å². The molecule has 1 atom stereocenters. The smallest absolute Gasteiger partial charge is 0.166 e. The lowest BCUT2D eigenvalue weighted by atomic mass is 10.0. The topological polar surface area (TPSA) is 72.3 Å². The summed E-state index contributed by atoms with van der Waals surface area (Å²) in [6.07, 6.45) is 0.503. The molecule has 0 fully saturated rings. The molecular formula is C9H13BrClFN2O. The van der Waals surface area contributed by atoms with Crippen molar-refractivity contribution in [2.75, 3.05) is 6.54 Å². The molecule has 0 heterocycles. The molecule has 0 spiro atoms. The first-order valence-corrected chi connectivity index (χ1v) is 4.99. The van der Waals surface area contributed by atoms with Gasteiger partial charge in [-0.1, -0.05) is 15.9 Å². The lowest BCUT2D eigenvalue weighted by Gasteiger charge is -2.13. The van der Waals surface area contributed by atoms with E-state index < -0.39 is 17.6 Å². The molecule has 86 valence electrons. The summed E-state index contributed by atoms with van der Waals surface area (Å²) in [5.74, 6) is -1.07. The number of halogens is 3. The van der Waals surface area contributed by atoms with Crippen molar-refractivity contribution in [3.8, 4) is 5.75 Å². The van der Waals surface area contributed by atoms with Gasteiger partial charge in [0, 0.05) is 16.1 Å². The fourth-order valence-electron chi connectivity index (χ4n) is 1.20. The average molecular weight is 300 g/mol. The van der Waals surface area contributed by atoms with Crippen molar-refractivity contribution in [3.63, 3.8) is 0 Å². The Labute approximate surface area is 102 Å². The molecule has 0 aromatic heterocycles. The normalized spacial score (nSPS) is 12.0. The third-order valence-electron chi connectivity index (χ3n) is 1.93. The van der Waals surface area contributed by atoms with E-state index in [-0.39, 0.29) is 12.4 Å². The van der Waals surface area contributed by atoms with E-state index in [0.717, 1.165) is 0 Å². The quantitative estimate of drug-likeness (QED) is 0.800. The minimum atomic E-state index is -0.679. The van der Waals surface area contributed by atoms with E-state index in [4.69, 9.17) is 11.5 Å². The Balaban J connectivity index is 0.00000196. The Hall–Kier alpha value is -0.360. The highest BCUT2D eigenvalue weighted by Crippen LogP contribution is 2.30. The van der Waals surface area contributed by atoms with E-state index in [1.54, 1.807) is 6.07 Å². The maximum atomic E-state index is 13.1. The number of hydrogen-bond acceptors (Lipinski definition) is 3. The lowest BCUT2D eigenvalue weighted by molar-refractivity contribution is 0.418. The van der Waals surface area contributed by atoms with Crippen LogP contribution in [0.15, 0.2) is 16.6 Å². The predicted molar refractivity (Wildman–Crippen MR) is 63.6 cm³/mol. The van der Waals surface area contributed by atoms with Crippen molar-refractivity contribution in [2.24, 2.45) is 11.5 Å². The van der Waals surface area contributed by atoms with Crippen LogP contribution in [0, 0.1) is 5.82 Å². The maximum absolute atomic E-state index is 13.1. The predicted octanol–water partition coefficient (Wildman–Crippen LogP) is 2.06. The number of aromatic hydroxyl groups is 1. The minimum Gasteiger partial charge on any atom is -0.505 e. The monoisotopic (exact) mass is 298 g/mol. The van der Waals surface area contributed by atoms with Crippen molar-refractivity contribution < 1.29 is 9.50 Å². The second-order valence-electron chi connectivity index (χ2n) is 3.01. The van der Waals surface area contributed by atoms with Gasteiger partial charge >= 0.3 is 0 Å². The summed E-state index contributed by atoms with van der Waals surface area (Å²) < 4.78 is 13.6. The fraction of sp³-hybridized carbons (Fsp3) is 0.333. The van der Waals surface area contributed by atoms with Gasteiger partial charge in [-0.05, 0) is 25.1 Å². The first-order chi connectivity index (χ1) is 6.56. The van der Waals surface area contributed by atoms with Gasteiger partial charge in [-0.2, -0.15) is 0 Å². The van der Waals surface area contributed by atoms with Crippen LogP contribution < -0.4 is 11.5 Å². The molecule has 6 heteroatoms. The minimum absolute atomic E-state index is 0. The molecular weight excluding hydrogens is 286 g/mol. The summed E-state index contributed by atoms with van der Waals surface area (Å²) in [6, 6.07) is 2.35. The Morgan fingerprint density at radius 2 is 2.07 bits per heavy atom. The van der Waals surface area contributed by atoms with Crippen LogP contribution in [0.4, 0.5) is 4.39 Å². The van der Waals surface area contributed by atoms with Crippen LogP contribution in [0.25, 0.3) is 0 Å².